The highest BCUT2D eigenvalue weighted by Crippen LogP contribution is 2.38. The largest absolute Gasteiger partial charge is 0.495 e. The van der Waals surface area contributed by atoms with Gasteiger partial charge in [-0.25, -0.2) is 0 Å². The molecule has 0 N–H and O–H groups in total. The fraction of sp³-hybridized carbons (Fsp3) is 0.545. The smallest absolute Gasteiger partial charge is 0.230 e. The first-order valence-corrected chi connectivity index (χ1v) is 14.9. The van der Waals surface area contributed by atoms with E-state index in [1.165, 1.54) is 12.1 Å². The Bertz CT molecular complexity index is 1250. The summed E-state index contributed by atoms with van der Waals surface area (Å²) in [6, 6.07) is 13.0. The van der Waals surface area contributed by atoms with Crippen LogP contribution in [0.4, 0.5) is 5.69 Å². The van der Waals surface area contributed by atoms with Crippen molar-refractivity contribution in [2.45, 2.75) is 90.5 Å². The van der Waals surface area contributed by atoms with E-state index < -0.39 is 0 Å². The predicted octanol–water partition coefficient (Wildman–Crippen LogP) is 7.73. The number of anilines is 1. The maximum absolute atomic E-state index is 14.0. The number of hydrogen-bond donors (Lipinski definition) is 0. The second-order valence-electron chi connectivity index (χ2n) is 11.9. The number of ether oxygens (including phenoxy) is 1. The van der Waals surface area contributed by atoms with Gasteiger partial charge in [0.2, 0.25) is 5.91 Å². The lowest BCUT2D eigenvalue weighted by Crippen LogP contribution is -2.41. The summed E-state index contributed by atoms with van der Waals surface area (Å²) in [6.07, 6.45) is 14.1. The second-order valence-corrected chi connectivity index (χ2v) is 11.9. The fourth-order valence-corrected chi connectivity index (χ4v) is 6.43. The molecule has 0 unspecified atom stereocenters. The molecule has 5 rings (SSSR count). The highest BCUT2D eigenvalue weighted by molar-refractivity contribution is 5.95. The van der Waals surface area contributed by atoms with Crippen LogP contribution < -0.4 is 9.64 Å². The Morgan fingerprint density at radius 2 is 1.79 bits per heavy atom. The number of carbonyl (C=O) groups is 1. The molecule has 6 nitrogen and oxygen atoms in total. The van der Waals surface area contributed by atoms with Crippen LogP contribution in [-0.2, 0) is 4.79 Å². The average molecular weight is 529 g/mol. The molecule has 0 atom stereocenters. The Morgan fingerprint density at radius 1 is 1.03 bits per heavy atom. The minimum atomic E-state index is 0.147. The molecule has 0 radical (unpaired) electrons. The van der Waals surface area contributed by atoms with Crippen molar-refractivity contribution in [3.63, 3.8) is 0 Å². The Labute approximate surface area is 233 Å². The summed E-state index contributed by atoms with van der Waals surface area (Å²) < 4.78 is 7.40. The lowest BCUT2D eigenvalue weighted by molar-refractivity contribution is -0.123. The highest BCUT2D eigenvalue weighted by Gasteiger charge is 2.31. The Kier molecular flexibility index (Phi) is 8.69. The molecule has 2 saturated carbocycles. The van der Waals surface area contributed by atoms with Gasteiger partial charge in [-0.15, -0.1) is 0 Å². The van der Waals surface area contributed by atoms with Crippen molar-refractivity contribution in [2.24, 2.45) is 11.8 Å². The fourth-order valence-electron chi connectivity index (χ4n) is 6.43. The molecule has 6 heteroatoms. The van der Waals surface area contributed by atoms with Crippen LogP contribution >= 0.6 is 0 Å². The zero-order chi connectivity index (χ0) is 27.4. The van der Waals surface area contributed by atoms with E-state index in [4.69, 9.17) is 9.72 Å². The van der Waals surface area contributed by atoms with E-state index in [1.807, 2.05) is 23.9 Å². The first-order chi connectivity index (χ1) is 18.9. The van der Waals surface area contributed by atoms with Gasteiger partial charge in [-0.1, -0.05) is 31.4 Å². The van der Waals surface area contributed by atoms with E-state index in [9.17, 15) is 4.79 Å². The summed E-state index contributed by atoms with van der Waals surface area (Å²) in [6.45, 7) is 7.09. The zero-order valence-corrected chi connectivity index (χ0v) is 24.1. The van der Waals surface area contributed by atoms with Gasteiger partial charge in [0.1, 0.15) is 5.75 Å². The highest BCUT2D eigenvalue weighted by atomic mass is 16.5. The third-order valence-electron chi connectivity index (χ3n) is 8.83. The third-order valence-corrected chi connectivity index (χ3v) is 8.83. The summed E-state index contributed by atoms with van der Waals surface area (Å²) >= 11 is 0. The topological polar surface area (TPSA) is 60.2 Å². The van der Waals surface area contributed by atoms with E-state index in [0.29, 0.717) is 23.8 Å². The number of carbonyl (C=O) groups excluding carboxylic acids is 1. The van der Waals surface area contributed by atoms with Crippen LogP contribution in [0.1, 0.15) is 95.0 Å². The van der Waals surface area contributed by atoms with Gasteiger partial charge in [0.25, 0.3) is 0 Å². The molecule has 2 aliphatic carbocycles. The molecule has 0 saturated heterocycles. The number of methoxy groups -OCH3 is 1. The summed E-state index contributed by atoms with van der Waals surface area (Å²) in [7, 11) is 1.70. The van der Waals surface area contributed by atoms with Gasteiger partial charge in [0.05, 0.1) is 19.0 Å². The van der Waals surface area contributed by atoms with E-state index in [-0.39, 0.29) is 5.92 Å². The lowest BCUT2D eigenvalue weighted by Gasteiger charge is -2.35. The summed E-state index contributed by atoms with van der Waals surface area (Å²) in [5.74, 6) is 2.30. The Balaban J connectivity index is 1.33. The van der Waals surface area contributed by atoms with Crippen LogP contribution in [0.25, 0.3) is 11.1 Å². The first-order valence-electron chi connectivity index (χ1n) is 14.9. The van der Waals surface area contributed by atoms with Gasteiger partial charge in [-0.05, 0) is 95.0 Å². The molecule has 39 heavy (non-hydrogen) atoms. The molecule has 0 spiro atoms. The molecule has 2 fully saturated rings. The number of benzene rings is 1. The summed E-state index contributed by atoms with van der Waals surface area (Å²) in [5.41, 5.74) is 5.37. The number of amides is 1. The lowest BCUT2D eigenvalue weighted by atomic mass is 9.79. The Hall–Kier alpha value is -3.15. The molecule has 1 amide bonds. The van der Waals surface area contributed by atoms with E-state index in [1.54, 1.807) is 7.11 Å². The molecule has 0 bridgehead atoms. The SMILES string of the molecule is COc1ccc(C2CCC(CN(C(=O)C3CCCCC3)c3cccc(-c4cnn(C(C)C)c4)c3)CC2)nc1C. The average Bonchev–Trinajstić information content (AvgIpc) is 3.48. The molecule has 0 aliphatic heterocycles. The van der Waals surface area contributed by atoms with Crippen molar-refractivity contribution in [3.05, 3.63) is 60.2 Å². The maximum Gasteiger partial charge on any atom is 0.230 e. The zero-order valence-electron chi connectivity index (χ0n) is 24.1. The van der Waals surface area contributed by atoms with E-state index in [0.717, 1.165) is 86.2 Å². The van der Waals surface area contributed by atoms with Crippen LogP contribution in [0.15, 0.2) is 48.8 Å². The second kappa shape index (κ2) is 12.4. The quantitative estimate of drug-likeness (QED) is 0.300. The van der Waals surface area contributed by atoms with Crippen molar-refractivity contribution in [3.8, 4) is 16.9 Å². The standard InChI is InChI=1S/C33H44N4O2/c1-23(2)37-22-29(20-34-37)28-11-8-12-30(19-28)36(33(38)27-9-6-5-7-10-27)21-25-13-15-26(16-14-25)31-17-18-32(39-4)24(3)35-31/h8,11-12,17-20,22-23,25-27H,5-7,9-10,13-16,21H2,1-4H3. The number of aromatic nitrogens is 3. The summed E-state index contributed by atoms with van der Waals surface area (Å²) in [5, 5.41) is 4.54. The van der Waals surface area contributed by atoms with E-state index in [2.05, 4.69) is 60.4 Å². The predicted molar refractivity (Wildman–Crippen MR) is 157 cm³/mol. The number of nitrogens with zero attached hydrogens (tertiary/aromatic N) is 4. The van der Waals surface area contributed by atoms with Gasteiger partial charge < -0.3 is 9.64 Å². The maximum atomic E-state index is 14.0. The monoisotopic (exact) mass is 528 g/mol. The Morgan fingerprint density at radius 3 is 2.46 bits per heavy atom. The van der Waals surface area contributed by atoms with Crippen LogP contribution in [0, 0.1) is 18.8 Å². The first kappa shape index (κ1) is 27.4. The van der Waals surface area contributed by atoms with Crippen LogP contribution in [0.2, 0.25) is 0 Å². The molecule has 3 aromatic rings. The molecule has 208 valence electrons. The summed E-state index contributed by atoms with van der Waals surface area (Å²) in [4.78, 5) is 21.0. The van der Waals surface area contributed by atoms with Crippen LogP contribution in [0.5, 0.6) is 5.75 Å². The van der Waals surface area contributed by atoms with Crippen LogP contribution in [0.3, 0.4) is 0 Å². The van der Waals surface area contributed by atoms with E-state index >= 15 is 0 Å². The normalized spacial score (nSPS) is 20.2. The number of hydrogen-bond acceptors (Lipinski definition) is 4. The van der Waals surface area contributed by atoms with Crippen molar-refractivity contribution < 1.29 is 9.53 Å². The molecule has 1 aromatic carbocycles. The van der Waals surface area contributed by atoms with Crippen LogP contribution in [-0.4, -0.2) is 34.3 Å². The van der Waals surface area contributed by atoms with Crippen molar-refractivity contribution >= 4 is 11.6 Å². The minimum absolute atomic E-state index is 0.147. The number of aryl methyl sites for hydroxylation is 1. The molecule has 2 aromatic heterocycles. The van der Waals surface area contributed by atoms with Gasteiger partial charge in [-0.2, -0.15) is 5.10 Å². The molecular formula is C33H44N4O2. The molecule has 2 heterocycles. The minimum Gasteiger partial charge on any atom is -0.495 e. The van der Waals surface area contributed by atoms with Crippen molar-refractivity contribution in [1.29, 1.82) is 0 Å². The van der Waals surface area contributed by atoms with Gasteiger partial charge in [-0.3, -0.25) is 14.5 Å². The number of rotatable bonds is 8. The van der Waals surface area contributed by atoms with Gasteiger partial charge in [0.15, 0.2) is 0 Å². The van der Waals surface area contributed by atoms with Gasteiger partial charge in [0, 0.05) is 47.6 Å². The number of pyridine rings is 1. The molecular weight excluding hydrogens is 484 g/mol. The third kappa shape index (κ3) is 6.37. The van der Waals surface area contributed by atoms with Crippen molar-refractivity contribution in [2.75, 3.05) is 18.6 Å². The molecule has 2 aliphatic rings. The van der Waals surface area contributed by atoms with Gasteiger partial charge >= 0.3 is 0 Å². The van der Waals surface area contributed by atoms with Crippen molar-refractivity contribution in [1.82, 2.24) is 14.8 Å².